The highest BCUT2D eigenvalue weighted by atomic mass is 19.3. The van der Waals surface area contributed by atoms with Crippen molar-refractivity contribution in [2.75, 3.05) is 0 Å². The lowest BCUT2D eigenvalue weighted by Crippen LogP contribution is -2.30. The van der Waals surface area contributed by atoms with E-state index in [1.165, 1.54) is 0 Å². The molecule has 0 unspecified atom stereocenters. The molecule has 0 atom stereocenters. The number of rotatable bonds is 0. The summed E-state index contributed by atoms with van der Waals surface area (Å²) in [6.45, 7) is 0. The number of alkyl halides is 4. The van der Waals surface area contributed by atoms with Gasteiger partial charge in [-0.15, -0.1) is 0 Å². The topological polar surface area (TPSA) is 0 Å². The molecule has 0 aromatic heterocycles. The molecule has 0 saturated carbocycles. The van der Waals surface area contributed by atoms with Gasteiger partial charge in [-0.1, -0.05) is 6.08 Å². The summed E-state index contributed by atoms with van der Waals surface area (Å²) >= 11 is 0. The smallest absolute Gasteiger partial charge is 0.206 e. The molecular formula is C6H5F4. The van der Waals surface area contributed by atoms with Crippen LogP contribution in [0, 0.1) is 6.42 Å². The minimum Gasteiger partial charge on any atom is -0.206 e. The molecule has 0 saturated heterocycles. The van der Waals surface area contributed by atoms with Crippen LogP contribution in [0.3, 0.4) is 0 Å². The minimum absolute atomic E-state index is 0.477. The van der Waals surface area contributed by atoms with E-state index in [0.717, 1.165) is 0 Å². The first-order valence-electron chi connectivity index (χ1n) is 2.71. The van der Waals surface area contributed by atoms with Gasteiger partial charge in [-0.2, -0.15) is 0 Å². The van der Waals surface area contributed by atoms with Crippen LogP contribution in [-0.4, -0.2) is 11.8 Å². The first kappa shape index (κ1) is 7.57. The van der Waals surface area contributed by atoms with Gasteiger partial charge in [0.05, 0.1) is 12.8 Å². The molecule has 1 radical (unpaired) electrons. The van der Waals surface area contributed by atoms with Crippen molar-refractivity contribution in [3.05, 3.63) is 18.6 Å². The predicted molar refractivity (Wildman–Crippen MR) is 28.0 cm³/mol. The third-order valence-corrected chi connectivity index (χ3v) is 1.15. The van der Waals surface area contributed by atoms with Gasteiger partial charge in [0.1, 0.15) is 0 Å². The highest BCUT2D eigenvalue weighted by Crippen LogP contribution is 2.37. The van der Waals surface area contributed by atoms with E-state index < -0.39 is 18.3 Å². The fourth-order valence-corrected chi connectivity index (χ4v) is 0.762. The van der Waals surface area contributed by atoms with Gasteiger partial charge in [-0.05, 0) is 6.08 Å². The van der Waals surface area contributed by atoms with Gasteiger partial charge < -0.3 is 0 Å². The van der Waals surface area contributed by atoms with Crippen molar-refractivity contribution in [2.45, 2.75) is 18.3 Å². The van der Waals surface area contributed by atoms with Crippen molar-refractivity contribution in [1.29, 1.82) is 0 Å². The first-order valence-corrected chi connectivity index (χ1v) is 2.71. The molecule has 0 amide bonds. The summed E-state index contributed by atoms with van der Waals surface area (Å²) < 4.78 is 48.5. The van der Waals surface area contributed by atoms with Crippen LogP contribution < -0.4 is 0 Å². The Bertz CT molecular complexity index is 159. The van der Waals surface area contributed by atoms with Crippen LogP contribution in [0.15, 0.2) is 12.2 Å². The fourth-order valence-electron chi connectivity index (χ4n) is 0.762. The number of allylic oxidation sites excluding steroid dienone is 2. The zero-order chi connectivity index (χ0) is 7.83. The van der Waals surface area contributed by atoms with Crippen LogP contribution in [0.1, 0.15) is 6.42 Å². The van der Waals surface area contributed by atoms with E-state index in [1.807, 2.05) is 0 Å². The third kappa shape index (κ3) is 1.72. The average molecular weight is 153 g/mol. The molecular weight excluding hydrogens is 148 g/mol. The predicted octanol–water partition coefficient (Wildman–Crippen LogP) is 2.42. The van der Waals surface area contributed by atoms with E-state index in [-0.39, 0.29) is 0 Å². The lowest BCUT2D eigenvalue weighted by molar-refractivity contribution is -0.0694. The van der Waals surface area contributed by atoms with Crippen LogP contribution >= 0.6 is 0 Å². The summed E-state index contributed by atoms with van der Waals surface area (Å²) in [5, 5.41) is 0. The fraction of sp³-hybridized carbons (Fsp3) is 0.500. The molecule has 1 aliphatic rings. The van der Waals surface area contributed by atoms with Gasteiger partial charge in [0.15, 0.2) is 0 Å². The summed E-state index contributed by atoms with van der Waals surface area (Å²) in [4.78, 5) is 0. The summed E-state index contributed by atoms with van der Waals surface area (Å²) in [6.07, 6.45) is 0.245. The second-order valence-corrected chi connectivity index (χ2v) is 2.22. The molecule has 0 heterocycles. The molecule has 0 N–H and O–H groups in total. The molecule has 0 spiro atoms. The zero-order valence-electron chi connectivity index (χ0n) is 4.95. The summed E-state index contributed by atoms with van der Waals surface area (Å²) in [5.74, 6) is -6.70. The van der Waals surface area contributed by atoms with Gasteiger partial charge in [0.2, 0.25) is 0 Å². The quantitative estimate of drug-likeness (QED) is 0.469. The third-order valence-electron chi connectivity index (χ3n) is 1.15. The zero-order valence-corrected chi connectivity index (χ0v) is 4.95. The Morgan fingerprint density at radius 2 is 1.60 bits per heavy atom. The molecule has 1 aliphatic carbocycles. The van der Waals surface area contributed by atoms with E-state index in [2.05, 4.69) is 0 Å². The molecule has 10 heavy (non-hydrogen) atoms. The highest BCUT2D eigenvalue weighted by Gasteiger charge is 2.43. The Morgan fingerprint density at radius 3 is 1.90 bits per heavy atom. The highest BCUT2D eigenvalue weighted by molar-refractivity contribution is 5.14. The normalized spacial score (nSPS) is 28.4. The van der Waals surface area contributed by atoms with E-state index in [0.29, 0.717) is 18.6 Å². The number of hydrogen-bond acceptors (Lipinski definition) is 0. The van der Waals surface area contributed by atoms with E-state index in [1.54, 1.807) is 0 Å². The summed E-state index contributed by atoms with van der Waals surface area (Å²) in [5.41, 5.74) is 0. The second kappa shape index (κ2) is 1.97. The number of hydrogen-bond donors (Lipinski definition) is 0. The van der Waals surface area contributed by atoms with Gasteiger partial charge >= 0.3 is 0 Å². The van der Waals surface area contributed by atoms with E-state index in [9.17, 15) is 17.6 Å². The van der Waals surface area contributed by atoms with E-state index in [4.69, 9.17) is 0 Å². The summed E-state index contributed by atoms with van der Waals surface area (Å²) in [6, 6.07) is 0. The van der Waals surface area contributed by atoms with E-state index >= 15 is 0 Å². The van der Waals surface area contributed by atoms with Gasteiger partial charge in [-0.3, -0.25) is 0 Å². The number of halogens is 4. The molecule has 0 bridgehead atoms. The maximum atomic E-state index is 12.1. The van der Waals surface area contributed by atoms with Crippen molar-refractivity contribution in [2.24, 2.45) is 0 Å². The van der Waals surface area contributed by atoms with Crippen LogP contribution in [0.5, 0.6) is 0 Å². The van der Waals surface area contributed by atoms with Crippen molar-refractivity contribution < 1.29 is 17.6 Å². The van der Waals surface area contributed by atoms with Gasteiger partial charge in [0, 0.05) is 0 Å². The molecule has 1 rings (SSSR count). The Hall–Kier alpha value is -0.540. The SMILES string of the molecule is FC1(F)[CH]C=CC(F)(F)C1. The van der Waals surface area contributed by atoms with Crippen LogP contribution in [0.4, 0.5) is 17.6 Å². The molecule has 0 aliphatic heterocycles. The standard InChI is InChI=1S/C6H5F4/c7-5(8)2-1-3-6(9,10)4-5/h1-3H,4H2. The molecule has 0 aromatic rings. The first-order chi connectivity index (χ1) is 4.41. The van der Waals surface area contributed by atoms with Crippen LogP contribution in [-0.2, 0) is 0 Å². The van der Waals surface area contributed by atoms with Crippen molar-refractivity contribution in [3.8, 4) is 0 Å². The van der Waals surface area contributed by atoms with Crippen LogP contribution in [0.2, 0.25) is 0 Å². The van der Waals surface area contributed by atoms with Crippen LogP contribution in [0.25, 0.3) is 0 Å². The molecule has 4 heteroatoms. The molecule has 0 fully saturated rings. The molecule has 57 valence electrons. The van der Waals surface area contributed by atoms with Crippen molar-refractivity contribution >= 4 is 0 Å². The lowest BCUT2D eigenvalue weighted by atomic mass is 10.0. The summed E-state index contributed by atoms with van der Waals surface area (Å²) in [7, 11) is 0. The monoisotopic (exact) mass is 153 g/mol. The Morgan fingerprint density at radius 1 is 1.00 bits per heavy atom. The average Bonchev–Trinajstić information content (AvgIpc) is 1.56. The van der Waals surface area contributed by atoms with Crippen molar-refractivity contribution in [3.63, 3.8) is 0 Å². The lowest BCUT2D eigenvalue weighted by Gasteiger charge is -2.23. The Kier molecular flexibility index (Phi) is 1.49. The Labute approximate surface area is 55.5 Å². The maximum Gasteiger partial charge on any atom is 0.272 e. The Balaban J connectivity index is 2.73. The second-order valence-electron chi connectivity index (χ2n) is 2.22. The molecule has 0 aromatic carbocycles. The minimum atomic E-state index is -3.35. The van der Waals surface area contributed by atoms with Gasteiger partial charge in [-0.25, -0.2) is 17.6 Å². The van der Waals surface area contributed by atoms with Gasteiger partial charge in [0.25, 0.3) is 11.8 Å². The van der Waals surface area contributed by atoms with Crippen molar-refractivity contribution in [1.82, 2.24) is 0 Å². The molecule has 0 nitrogen and oxygen atoms in total. The largest absolute Gasteiger partial charge is 0.272 e. The maximum absolute atomic E-state index is 12.1.